The summed E-state index contributed by atoms with van der Waals surface area (Å²) in [6, 6.07) is 0.815. The van der Waals surface area contributed by atoms with Gasteiger partial charge in [-0.25, -0.2) is 0 Å². The summed E-state index contributed by atoms with van der Waals surface area (Å²) < 4.78 is 0. The second-order valence-corrected chi connectivity index (χ2v) is 3.28. The Labute approximate surface area is 63.8 Å². The number of likely N-dealkylation sites (N-methyl/N-ethyl adjacent to an activating group) is 2. The van der Waals surface area contributed by atoms with Crippen LogP contribution in [0.2, 0.25) is 0 Å². The zero-order valence-corrected chi connectivity index (χ0v) is 7.30. The molecule has 2 nitrogen and oxygen atoms in total. The molecule has 0 radical (unpaired) electrons. The second-order valence-electron chi connectivity index (χ2n) is 3.28. The molecule has 60 valence electrons. The first-order chi connectivity index (χ1) is 4.74. The van der Waals surface area contributed by atoms with Gasteiger partial charge in [-0.05, 0) is 33.6 Å². The van der Waals surface area contributed by atoms with E-state index in [9.17, 15) is 0 Å². The lowest BCUT2D eigenvalue weighted by Gasteiger charge is -2.21. The van der Waals surface area contributed by atoms with Crippen LogP contribution < -0.4 is 0 Å². The molecule has 1 rings (SSSR count). The van der Waals surface area contributed by atoms with Gasteiger partial charge < -0.3 is 9.80 Å². The zero-order chi connectivity index (χ0) is 7.56. The highest BCUT2D eigenvalue weighted by atomic mass is 15.2. The van der Waals surface area contributed by atoms with Gasteiger partial charge >= 0.3 is 0 Å². The molecular weight excluding hydrogens is 124 g/mol. The van der Waals surface area contributed by atoms with Crippen molar-refractivity contribution in [3.05, 3.63) is 0 Å². The highest BCUT2D eigenvalue weighted by Crippen LogP contribution is 2.11. The largest absolute Gasteiger partial charge is 0.305 e. The normalized spacial score (nSPS) is 28.2. The summed E-state index contributed by atoms with van der Waals surface area (Å²) >= 11 is 0. The average Bonchev–Trinajstić information content (AvgIpc) is 2.34. The van der Waals surface area contributed by atoms with E-state index in [1.807, 2.05) is 0 Å². The highest BCUT2D eigenvalue weighted by molar-refractivity contribution is 4.79. The van der Waals surface area contributed by atoms with Gasteiger partial charge in [0.15, 0.2) is 0 Å². The molecule has 1 aliphatic rings. The van der Waals surface area contributed by atoms with E-state index in [0.29, 0.717) is 0 Å². The van der Waals surface area contributed by atoms with Crippen LogP contribution in [0.25, 0.3) is 0 Å². The van der Waals surface area contributed by atoms with Gasteiger partial charge in [-0.1, -0.05) is 6.92 Å². The van der Waals surface area contributed by atoms with Crippen molar-refractivity contribution in [1.82, 2.24) is 9.80 Å². The molecule has 0 spiro atoms. The molecule has 0 aromatic rings. The molecule has 2 heteroatoms. The van der Waals surface area contributed by atoms with Crippen LogP contribution in [0.5, 0.6) is 0 Å². The van der Waals surface area contributed by atoms with Gasteiger partial charge in [0.1, 0.15) is 0 Å². The molecule has 0 saturated carbocycles. The van der Waals surface area contributed by atoms with Gasteiger partial charge in [0, 0.05) is 12.6 Å². The third-order valence-electron chi connectivity index (χ3n) is 2.49. The van der Waals surface area contributed by atoms with Crippen molar-refractivity contribution in [2.75, 3.05) is 33.7 Å². The van der Waals surface area contributed by atoms with Crippen molar-refractivity contribution in [2.45, 2.75) is 19.4 Å². The van der Waals surface area contributed by atoms with Gasteiger partial charge in [-0.3, -0.25) is 0 Å². The summed E-state index contributed by atoms with van der Waals surface area (Å²) in [5.74, 6) is 0. The average molecular weight is 142 g/mol. The molecule has 0 N–H and O–H groups in total. The van der Waals surface area contributed by atoms with Crippen LogP contribution in [-0.2, 0) is 0 Å². The van der Waals surface area contributed by atoms with Crippen LogP contribution >= 0.6 is 0 Å². The maximum atomic E-state index is 2.43. The molecule has 0 amide bonds. The lowest BCUT2D eigenvalue weighted by molar-refractivity contribution is 0.253. The third-order valence-corrected chi connectivity index (χ3v) is 2.49. The lowest BCUT2D eigenvalue weighted by Crippen LogP contribution is -2.33. The second kappa shape index (κ2) is 3.35. The molecule has 0 bridgehead atoms. The fourth-order valence-electron chi connectivity index (χ4n) is 1.53. The maximum absolute atomic E-state index is 2.43. The van der Waals surface area contributed by atoms with Crippen molar-refractivity contribution in [2.24, 2.45) is 0 Å². The van der Waals surface area contributed by atoms with Gasteiger partial charge in [0.05, 0.1) is 0 Å². The Morgan fingerprint density at radius 3 is 2.70 bits per heavy atom. The quantitative estimate of drug-likeness (QED) is 0.558. The molecule has 0 aliphatic carbocycles. The number of likely N-dealkylation sites (tertiary alicyclic amines) is 1. The number of nitrogens with zero attached hydrogens (tertiary/aromatic N) is 2. The van der Waals surface area contributed by atoms with E-state index in [1.165, 1.54) is 26.1 Å². The summed E-state index contributed by atoms with van der Waals surface area (Å²) in [7, 11) is 4.41. The first-order valence-electron chi connectivity index (χ1n) is 4.12. The Kier molecular flexibility index (Phi) is 2.69. The minimum Gasteiger partial charge on any atom is -0.305 e. The van der Waals surface area contributed by atoms with Crippen LogP contribution in [0.4, 0.5) is 0 Å². The van der Waals surface area contributed by atoms with E-state index in [2.05, 4.69) is 30.8 Å². The smallest absolute Gasteiger partial charge is 0.0232 e. The fourth-order valence-corrected chi connectivity index (χ4v) is 1.53. The van der Waals surface area contributed by atoms with E-state index in [-0.39, 0.29) is 0 Å². The van der Waals surface area contributed by atoms with Crippen molar-refractivity contribution < 1.29 is 0 Å². The first-order valence-corrected chi connectivity index (χ1v) is 4.12. The topological polar surface area (TPSA) is 6.48 Å². The molecule has 1 fully saturated rings. The SMILES string of the molecule is CCN(C)[C@@H]1CCN(C)C1. The fraction of sp³-hybridized carbons (Fsp3) is 1.00. The Bertz CT molecular complexity index is 103. The van der Waals surface area contributed by atoms with Gasteiger partial charge in [-0.15, -0.1) is 0 Å². The third kappa shape index (κ3) is 1.70. The van der Waals surface area contributed by atoms with Crippen molar-refractivity contribution in [3.8, 4) is 0 Å². The standard InChI is InChI=1S/C8H18N2/c1-4-10(3)8-5-6-9(2)7-8/h8H,4-7H2,1-3H3/t8-/m1/s1. The summed E-state index contributed by atoms with van der Waals surface area (Å²) in [6.07, 6.45) is 1.35. The summed E-state index contributed by atoms with van der Waals surface area (Å²) in [4.78, 5) is 4.83. The molecule has 0 aromatic heterocycles. The highest BCUT2D eigenvalue weighted by Gasteiger charge is 2.21. The van der Waals surface area contributed by atoms with Crippen molar-refractivity contribution >= 4 is 0 Å². The number of hydrogen-bond acceptors (Lipinski definition) is 2. The molecule has 1 atom stereocenters. The Hall–Kier alpha value is -0.0800. The Morgan fingerprint density at radius 1 is 1.60 bits per heavy atom. The minimum absolute atomic E-state index is 0.815. The zero-order valence-electron chi connectivity index (χ0n) is 7.30. The van der Waals surface area contributed by atoms with E-state index in [0.717, 1.165) is 6.04 Å². The molecule has 1 saturated heterocycles. The van der Waals surface area contributed by atoms with Crippen LogP contribution in [0, 0.1) is 0 Å². The summed E-state index contributed by atoms with van der Waals surface area (Å²) in [6.45, 7) is 5.93. The Morgan fingerprint density at radius 2 is 2.30 bits per heavy atom. The molecular formula is C8H18N2. The van der Waals surface area contributed by atoms with Gasteiger partial charge in [-0.2, -0.15) is 0 Å². The van der Waals surface area contributed by atoms with E-state index >= 15 is 0 Å². The maximum Gasteiger partial charge on any atom is 0.0232 e. The van der Waals surface area contributed by atoms with Crippen molar-refractivity contribution in [1.29, 1.82) is 0 Å². The summed E-state index contributed by atoms with van der Waals surface area (Å²) in [5, 5.41) is 0. The predicted octanol–water partition coefficient (Wildman–Crippen LogP) is 0.642. The van der Waals surface area contributed by atoms with Crippen LogP contribution in [-0.4, -0.2) is 49.6 Å². The molecule has 10 heavy (non-hydrogen) atoms. The van der Waals surface area contributed by atoms with E-state index in [4.69, 9.17) is 0 Å². The van der Waals surface area contributed by atoms with Gasteiger partial charge in [0.2, 0.25) is 0 Å². The molecule has 0 unspecified atom stereocenters. The van der Waals surface area contributed by atoms with Crippen LogP contribution in [0.15, 0.2) is 0 Å². The van der Waals surface area contributed by atoms with Crippen molar-refractivity contribution in [3.63, 3.8) is 0 Å². The molecule has 1 aliphatic heterocycles. The number of hydrogen-bond donors (Lipinski definition) is 0. The lowest BCUT2D eigenvalue weighted by atomic mass is 10.2. The predicted molar refractivity (Wildman–Crippen MR) is 44.2 cm³/mol. The summed E-state index contributed by atoms with van der Waals surface area (Å²) in [5.41, 5.74) is 0. The monoisotopic (exact) mass is 142 g/mol. The minimum atomic E-state index is 0.815. The van der Waals surface area contributed by atoms with E-state index in [1.54, 1.807) is 0 Å². The Balaban J connectivity index is 2.29. The van der Waals surface area contributed by atoms with E-state index < -0.39 is 0 Å². The number of rotatable bonds is 2. The van der Waals surface area contributed by atoms with Crippen LogP contribution in [0.3, 0.4) is 0 Å². The van der Waals surface area contributed by atoms with Crippen LogP contribution in [0.1, 0.15) is 13.3 Å². The molecule has 0 aromatic carbocycles. The van der Waals surface area contributed by atoms with Gasteiger partial charge in [0.25, 0.3) is 0 Å². The first kappa shape index (κ1) is 8.02. The molecule has 1 heterocycles.